The number of phenols is 1. The Kier molecular flexibility index (Phi) is 4.13. The van der Waals surface area contributed by atoms with E-state index in [0.29, 0.717) is 5.75 Å². The van der Waals surface area contributed by atoms with Crippen LogP contribution in [0.2, 0.25) is 0 Å². The second-order valence-electron chi connectivity index (χ2n) is 4.03. The fourth-order valence-corrected chi connectivity index (χ4v) is 1.75. The van der Waals surface area contributed by atoms with Crippen LogP contribution in [0.5, 0.6) is 28.7 Å². The van der Waals surface area contributed by atoms with E-state index in [9.17, 15) is 15.2 Å². The lowest BCUT2D eigenvalue weighted by Gasteiger charge is -2.11. The molecule has 0 aromatic heterocycles. The number of ether oxygens (including phenoxy) is 3. The van der Waals surface area contributed by atoms with Crippen molar-refractivity contribution in [3.8, 4) is 28.7 Å². The van der Waals surface area contributed by atoms with Crippen LogP contribution in [0.1, 0.15) is 0 Å². The zero-order valence-electron chi connectivity index (χ0n) is 11.4. The van der Waals surface area contributed by atoms with Crippen molar-refractivity contribution in [3.63, 3.8) is 0 Å². The molecule has 2 aromatic rings. The van der Waals surface area contributed by atoms with Gasteiger partial charge in [-0.25, -0.2) is 0 Å². The Morgan fingerprint density at radius 1 is 1.05 bits per heavy atom. The quantitative estimate of drug-likeness (QED) is 0.672. The van der Waals surface area contributed by atoms with E-state index in [1.165, 1.54) is 38.5 Å². The van der Waals surface area contributed by atoms with Gasteiger partial charge in [0.1, 0.15) is 11.5 Å². The van der Waals surface area contributed by atoms with Crippen LogP contribution >= 0.6 is 0 Å². The first-order chi connectivity index (χ1) is 10.0. The molecule has 0 bridgehead atoms. The van der Waals surface area contributed by atoms with Crippen molar-refractivity contribution in [2.45, 2.75) is 0 Å². The van der Waals surface area contributed by atoms with Crippen molar-refractivity contribution in [1.82, 2.24) is 0 Å². The van der Waals surface area contributed by atoms with E-state index in [4.69, 9.17) is 14.2 Å². The smallest absolute Gasteiger partial charge is 0.315 e. The number of aromatic hydroxyl groups is 1. The first-order valence-corrected chi connectivity index (χ1v) is 5.92. The van der Waals surface area contributed by atoms with Crippen LogP contribution < -0.4 is 14.2 Å². The lowest BCUT2D eigenvalue weighted by atomic mass is 10.2. The summed E-state index contributed by atoms with van der Waals surface area (Å²) in [4.78, 5) is 10.5. The maximum Gasteiger partial charge on any atom is 0.315 e. The number of nitro groups is 1. The van der Waals surface area contributed by atoms with Gasteiger partial charge in [0.25, 0.3) is 0 Å². The number of nitro benzene ring substituents is 1. The number of hydrogen-bond donors (Lipinski definition) is 1. The third-order valence-electron chi connectivity index (χ3n) is 2.71. The molecule has 0 fully saturated rings. The fraction of sp³-hybridized carbons (Fsp3) is 0.143. The van der Waals surface area contributed by atoms with Gasteiger partial charge in [-0.05, 0) is 12.1 Å². The molecule has 0 heterocycles. The fourth-order valence-electron chi connectivity index (χ4n) is 1.75. The molecule has 0 radical (unpaired) electrons. The minimum absolute atomic E-state index is 0.00405. The summed E-state index contributed by atoms with van der Waals surface area (Å²) in [5.41, 5.74) is -0.268. The van der Waals surface area contributed by atoms with Crippen LogP contribution in [0.15, 0.2) is 36.4 Å². The average molecular weight is 291 g/mol. The summed E-state index contributed by atoms with van der Waals surface area (Å²) >= 11 is 0. The molecule has 2 rings (SSSR count). The number of benzene rings is 2. The third kappa shape index (κ3) is 3.14. The highest BCUT2D eigenvalue weighted by Gasteiger charge is 2.21. The highest BCUT2D eigenvalue weighted by molar-refractivity contribution is 5.59. The van der Waals surface area contributed by atoms with Crippen LogP contribution in [-0.4, -0.2) is 24.2 Å². The Balaban J connectivity index is 2.48. The molecule has 0 amide bonds. The van der Waals surface area contributed by atoms with Crippen molar-refractivity contribution >= 4 is 5.69 Å². The summed E-state index contributed by atoms with van der Waals surface area (Å²) in [5, 5.41) is 20.5. The van der Waals surface area contributed by atoms with Gasteiger partial charge < -0.3 is 19.3 Å². The van der Waals surface area contributed by atoms with Gasteiger partial charge in [0.15, 0.2) is 11.5 Å². The second kappa shape index (κ2) is 6.00. The lowest BCUT2D eigenvalue weighted by molar-refractivity contribution is -0.385. The van der Waals surface area contributed by atoms with Crippen LogP contribution in [0.25, 0.3) is 0 Å². The molecule has 0 aliphatic rings. The summed E-state index contributed by atoms with van der Waals surface area (Å²) in [6.45, 7) is 0. The van der Waals surface area contributed by atoms with Gasteiger partial charge in [0.2, 0.25) is 5.75 Å². The minimum atomic E-state index is -0.583. The predicted octanol–water partition coefficient (Wildman–Crippen LogP) is 3.11. The van der Waals surface area contributed by atoms with Gasteiger partial charge in [0, 0.05) is 12.1 Å². The highest BCUT2D eigenvalue weighted by Crippen LogP contribution is 2.41. The zero-order valence-corrected chi connectivity index (χ0v) is 11.4. The van der Waals surface area contributed by atoms with Crippen molar-refractivity contribution in [3.05, 3.63) is 46.5 Å². The normalized spacial score (nSPS) is 10.0. The molecule has 0 unspecified atom stereocenters. The van der Waals surface area contributed by atoms with E-state index < -0.39 is 4.92 Å². The van der Waals surface area contributed by atoms with E-state index in [1.807, 2.05) is 0 Å². The van der Waals surface area contributed by atoms with Crippen molar-refractivity contribution < 1.29 is 24.2 Å². The standard InChI is InChI=1S/C14H13NO6/c1-19-13-7-11(15(17)18)12(8-14(13)20-2)21-10-5-3-4-9(16)6-10/h3-8,16H,1-2H3. The molecule has 7 heteroatoms. The number of hydrogen-bond acceptors (Lipinski definition) is 6. The van der Waals surface area contributed by atoms with Gasteiger partial charge in [-0.1, -0.05) is 6.07 Å². The van der Waals surface area contributed by atoms with Gasteiger partial charge >= 0.3 is 5.69 Å². The van der Waals surface area contributed by atoms with Crippen LogP contribution in [0.3, 0.4) is 0 Å². The Morgan fingerprint density at radius 3 is 2.29 bits per heavy atom. The molecule has 1 N–H and O–H groups in total. The first-order valence-electron chi connectivity index (χ1n) is 5.92. The molecule has 0 atom stereocenters. The molecule has 110 valence electrons. The highest BCUT2D eigenvalue weighted by atomic mass is 16.6. The van der Waals surface area contributed by atoms with E-state index in [-0.39, 0.29) is 28.7 Å². The summed E-state index contributed by atoms with van der Waals surface area (Å²) in [6, 6.07) is 8.53. The molecule has 21 heavy (non-hydrogen) atoms. The van der Waals surface area contributed by atoms with Gasteiger partial charge in [0.05, 0.1) is 25.2 Å². The summed E-state index contributed by atoms with van der Waals surface area (Å²) in [7, 11) is 2.80. The summed E-state index contributed by atoms with van der Waals surface area (Å²) in [5.74, 6) is 0.787. The molecule has 0 saturated carbocycles. The average Bonchev–Trinajstić information content (AvgIpc) is 2.46. The maximum absolute atomic E-state index is 11.1. The summed E-state index contributed by atoms with van der Waals surface area (Å²) in [6.07, 6.45) is 0. The molecular formula is C14H13NO6. The molecule has 0 saturated heterocycles. The Bertz CT molecular complexity index is 671. The molecular weight excluding hydrogens is 278 g/mol. The van der Waals surface area contributed by atoms with Gasteiger partial charge in [-0.2, -0.15) is 0 Å². The maximum atomic E-state index is 11.1. The molecule has 0 spiro atoms. The number of phenolic OH excluding ortho intramolecular Hbond substituents is 1. The van der Waals surface area contributed by atoms with Crippen LogP contribution in [0, 0.1) is 10.1 Å². The van der Waals surface area contributed by atoms with Gasteiger partial charge in [-0.15, -0.1) is 0 Å². The third-order valence-corrected chi connectivity index (χ3v) is 2.71. The van der Waals surface area contributed by atoms with Crippen molar-refractivity contribution in [1.29, 1.82) is 0 Å². The topological polar surface area (TPSA) is 91.1 Å². The Labute approximate surface area is 120 Å². The lowest BCUT2D eigenvalue weighted by Crippen LogP contribution is -1.97. The number of nitrogens with zero attached hydrogens (tertiary/aromatic N) is 1. The largest absolute Gasteiger partial charge is 0.508 e. The number of rotatable bonds is 5. The second-order valence-corrected chi connectivity index (χ2v) is 4.03. The molecule has 7 nitrogen and oxygen atoms in total. The zero-order chi connectivity index (χ0) is 15.4. The van der Waals surface area contributed by atoms with E-state index in [2.05, 4.69) is 0 Å². The van der Waals surface area contributed by atoms with Crippen LogP contribution in [0.4, 0.5) is 5.69 Å². The monoisotopic (exact) mass is 291 g/mol. The summed E-state index contributed by atoms with van der Waals surface area (Å²) < 4.78 is 15.6. The van der Waals surface area contributed by atoms with Crippen molar-refractivity contribution in [2.75, 3.05) is 14.2 Å². The Hall–Kier alpha value is -2.96. The SMILES string of the molecule is COc1cc(Oc2cccc(O)c2)c([N+](=O)[O-])cc1OC. The first kappa shape index (κ1) is 14.4. The van der Waals surface area contributed by atoms with E-state index >= 15 is 0 Å². The predicted molar refractivity (Wildman–Crippen MR) is 74.4 cm³/mol. The molecule has 0 aliphatic carbocycles. The number of methoxy groups -OCH3 is 2. The Morgan fingerprint density at radius 2 is 1.71 bits per heavy atom. The van der Waals surface area contributed by atoms with E-state index in [1.54, 1.807) is 12.1 Å². The van der Waals surface area contributed by atoms with Gasteiger partial charge in [-0.3, -0.25) is 10.1 Å². The van der Waals surface area contributed by atoms with Crippen LogP contribution in [-0.2, 0) is 0 Å². The van der Waals surface area contributed by atoms with Crippen molar-refractivity contribution in [2.24, 2.45) is 0 Å². The molecule has 2 aromatic carbocycles. The molecule has 0 aliphatic heterocycles. The van der Waals surface area contributed by atoms with E-state index in [0.717, 1.165) is 0 Å². The minimum Gasteiger partial charge on any atom is -0.508 e.